The third-order valence-electron chi connectivity index (χ3n) is 7.96. The zero-order valence-corrected chi connectivity index (χ0v) is 23.5. The van der Waals surface area contributed by atoms with E-state index >= 15 is 0 Å². The van der Waals surface area contributed by atoms with Gasteiger partial charge in [-0.2, -0.15) is 5.26 Å². The van der Waals surface area contributed by atoms with Crippen molar-refractivity contribution in [3.63, 3.8) is 0 Å². The average molecular weight is 587 g/mol. The number of aliphatic carboxylic acids is 2. The molecule has 0 unspecified atom stereocenters. The van der Waals surface area contributed by atoms with E-state index in [4.69, 9.17) is 13.8 Å². The second-order valence-electron chi connectivity index (χ2n) is 10.8. The summed E-state index contributed by atoms with van der Waals surface area (Å²) in [4.78, 5) is 32.9. The molecule has 3 heterocycles. The largest absolute Gasteiger partial charge is 0.481 e. The van der Waals surface area contributed by atoms with Crippen LogP contribution in [0.1, 0.15) is 31.2 Å². The van der Waals surface area contributed by atoms with Crippen LogP contribution >= 0.6 is 0 Å². The molecular formula is C34H26N4O6. The summed E-state index contributed by atoms with van der Waals surface area (Å²) in [6.07, 6.45) is 0.896. The molecule has 3 N–H and O–H groups in total. The maximum absolute atomic E-state index is 11.2. The molecular weight excluding hydrogens is 560 g/mol. The second-order valence-corrected chi connectivity index (χ2v) is 10.8. The van der Waals surface area contributed by atoms with Crippen LogP contribution in [0.2, 0.25) is 0 Å². The van der Waals surface area contributed by atoms with Crippen LogP contribution in [-0.4, -0.2) is 45.2 Å². The van der Waals surface area contributed by atoms with Gasteiger partial charge < -0.3 is 28.9 Å². The number of carboxylic acids is 2. The van der Waals surface area contributed by atoms with Gasteiger partial charge in [0.1, 0.15) is 11.1 Å². The highest BCUT2D eigenvalue weighted by Gasteiger charge is 2.24. The lowest BCUT2D eigenvalue weighted by Gasteiger charge is -2.24. The Hall–Kier alpha value is -5.82. The summed E-state index contributed by atoms with van der Waals surface area (Å²) in [5.74, 6) is -1.34. The summed E-state index contributed by atoms with van der Waals surface area (Å²) in [5.41, 5.74) is 6.20. The molecule has 10 nitrogen and oxygen atoms in total. The highest BCUT2D eigenvalue weighted by Crippen LogP contribution is 2.45. The summed E-state index contributed by atoms with van der Waals surface area (Å²) in [7, 11) is 0. The number of furan rings is 1. The number of fused-ring (bicyclic) bond motifs is 10. The lowest BCUT2D eigenvalue weighted by atomic mass is 10.0. The van der Waals surface area contributed by atoms with Gasteiger partial charge >= 0.3 is 11.9 Å². The van der Waals surface area contributed by atoms with Gasteiger partial charge in [-0.3, -0.25) is 9.59 Å². The molecule has 0 atom stereocenters. The van der Waals surface area contributed by atoms with Crippen LogP contribution in [0.15, 0.2) is 75.6 Å². The quantitative estimate of drug-likeness (QED) is 0.148. The monoisotopic (exact) mass is 586 g/mol. The van der Waals surface area contributed by atoms with Crippen LogP contribution in [0, 0.1) is 11.3 Å². The van der Waals surface area contributed by atoms with Crippen LogP contribution in [-0.2, 0) is 9.59 Å². The van der Waals surface area contributed by atoms with Gasteiger partial charge in [0.05, 0.1) is 17.1 Å². The Morgan fingerprint density at radius 3 is 2.30 bits per heavy atom. The first kappa shape index (κ1) is 27.0. The Labute approximate surface area is 249 Å². The predicted molar refractivity (Wildman–Crippen MR) is 167 cm³/mol. The SMILES string of the molecule is N#Cc1ccc(-c2nc3c4[nH]c5ccccc5c4c4c5cc(N(CCCC(=O)O)CCCC(=O)O)ccc5oc4c3o2)cc1. The molecule has 4 aromatic carbocycles. The third kappa shape index (κ3) is 4.65. The van der Waals surface area contributed by atoms with E-state index in [0.717, 1.165) is 43.8 Å². The molecule has 7 rings (SSSR count). The summed E-state index contributed by atoms with van der Waals surface area (Å²) < 4.78 is 12.8. The van der Waals surface area contributed by atoms with E-state index in [1.165, 1.54) is 0 Å². The Bertz CT molecular complexity index is 2250. The number of hydrogen-bond donors (Lipinski definition) is 3. The number of H-pyrrole nitrogens is 1. The van der Waals surface area contributed by atoms with Crippen molar-refractivity contribution in [3.8, 4) is 17.5 Å². The molecule has 0 amide bonds. The zero-order valence-electron chi connectivity index (χ0n) is 23.5. The fraction of sp³-hybridized carbons (Fsp3) is 0.176. The number of rotatable bonds is 10. The minimum Gasteiger partial charge on any atom is -0.481 e. The highest BCUT2D eigenvalue weighted by atomic mass is 16.4. The Balaban J connectivity index is 1.45. The molecule has 218 valence electrons. The van der Waals surface area contributed by atoms with Crippen LogP contribution < -0.4 is 4.90 Å². The van der Waals surface area contributed by atoms with Crippen LogP contribution in [0.25, 0.3) is 66.3 Å². The number of oxazole rings is 1. The van der Waals surface area contributed by atoms with E-state index < -0.39 is 11.9 Å². The fourth-order valence-corrected chi connectivity index (χ4v) is 5.94. The van der Waals surface area contributed by atoms with E-state index in [2.05, 4.69) is 11.1 Å². The number of carbonyl (C=O) groups is 2. The van der Waals surface area contributed by atoms with Gasteiger partial charge in [-0.15, -0.1) is 0 Å². The number of carboxylic acid groups (broad SMARTS) is 2. The number of aromatic nitrogens is 2. The predicted octanol–water partition coefficient (Wildman–Crippen LogP) is 7.44. The van der Waals surface area contributed by atoms with Crippen molar-refractivity contribution in [2.45, 2.75) is 25.7 Å². The topological polar surface area (TPSA) is 157 Å². The molecule has 0 aliphatic heterocycles. The summed E-state index contributed by atoms with van der Waals surface area (Å²) in [6.45, 7) is 0.937. The van der Waals surface area contributed by atoms with Gasteiger partial charge in [0, 0.05) is 64.2 Å². The third-order valence-corrected chi connectivity index (χ3v) is 7.96. The molecule has 0 saturated carbocycles. The van der Waals surface area contributed by atoms with Gasteiger partial charge in [-0.05, 0) is 61.4 Å². The highest BCUT2D eigenvalue weighted by molar-refractivity contribution is 6.34. The van der Waals surface area contributed by atoms with Gasteiger partial charge in [0.15, 0.2) is 5.58 Å². The summed E-state index contributed by atoms with van der Waals surface area (Å²) in [5, 5.41) is 31.3. The van der Waals surface area contributed by atoms with Crippen molar-refractivity contribution in [1.82, 2.24) is 9.97 Å². The Morgan fingerprint density at radius 1 is 0.864 bits per heavy atom. The average Bonchev–Trinajstić information content (AvgIpc) is 3.73. The Kier molecular flexibility index (Phi) is 6.63. The van der Waals surface area contributed by atoms with Crippen molar-refractivity contribution < 1.29 is 28.6 Å². The summed E-state index contributed by atoms with van der Waals surface area (Å²) >= 11 is 0. The van der Waals surface area contributed by atoms with Crippen molar-refractivity contribution in [2.75, 3.05) is 18.0 Å². The maximum atomic E-state index is 11.2. The molecule has 0 radical (unpaired) electrons. The standard InChI is InChI=1S/C34H26N4O6/c35-18-19-9-11-20(12-10-19)34-37-31-30-28(22-5-1-2-6-24(22)36-30)29-23-17-21(13-14-25(23)43-32(29)33(31)44-34)38(15-3-7-26(39)40)16-4-8-27(41)42/h1-2,5-6,9-14,17,36H,3-4,7-8,15-16H2,(H,39,40)(H,41,42). The van der Waals surface area contributed by atoms with E-state index in [1.54, 1.807) is 24.3 Å². The molecule has 0 saturated heterocycles. The van der Waals surface area contributed by atoms with Gasteiger partial charge in [-0.1, -0.05) is 18.2 Å². The molecule has 44 heavy (non-hydrogen) atoms. The number of hydrogen-bond acceptors (Lipinski definition) is 7. The minimum atomic E-state index is -0.870. The molecule has 0 spiro atoms. The molecule has 3 aromatic heterocycles. The van der Waals surface area contributed by atoms with Gasteiger partial charge in [0.25, 0.3) is 0 Å². The lowest BCUT2D eigenvalue weighted by molar-refractivity contribution is -0.138. The normalized spacial score (nSPS) is 11.6. The van der Waals surface area contributed by atoms with Crippen molar-refractivity contribution in [3.05, 3.63) is 72.3 Å². The molecule has 0 bridgehead atoms. The summed E-state index contributed by atoms with van der Waals surface area (Å²) in [6, 6.07) is 23.0. The molecule has 7 aromatic rings. The number of anilines is 1. The Morgan fingerprint density at radius 2 is 1.59 bits per heavy atom. The fourth-order valence-electron chi connectivity index (χ4n) is 5.94. The molecule has 0 aliphatic rings. The second kappa shape index (κ2) is 10.8. The number of nitrogens with zero attached hydrogens (tertiary/aromatic N) is 3. The smallest absolute Gasteiger partial charge is 0.303 e. The number of nitriles is 1. The number of para-hydroxylation sites is 1. The number of aromatic amines is 1. The first-order valence-corrected chi connectivity index (χ1v) is 14.3. The van der Waals surface area contributed by atoms with Gasteiger partial charge in [-0.25, -0.2) is 4.98 Å². The molecule has 0 aliphatic carbocycles. The first-order valence-electron chi connectivity index (χ1n) is 14.3. The van der Waals surface area contributed by atoms with Gasteiger partial charge in [0.2, 0.25) is 11.5 Å². The van der Waals surface area contributed by atoms with Crippen molar-refractivity contribution in [1.29, 1.82) is 5.26 Å². The minimum absolute atomic E-state index is 0.0212. The molecule has 10 heteroatoms. The van der Waals surface area contributed by atoms with Crippen LogP contribution in [0.5, 0.6) is 0 Å². The van der Waals surface area contributed by atoms with Crippen LogP contribution in [0.4, 0.5) is 5.69 Å². The van der Waals surface area contributed by atoms with E-state index in [-0.39, 0.29) is 12.8 Å². The van der Waals surface area contributed by atoms with E-state index in [1.807, 2.05) is 47.4 Å². The van der Waals surface area contributed by atoms with E-state index in [0.29, 0.717) is 59.7 Å². The van der Waals surface area contributed by atoms with Crippen LogP contribution in [0.3, 0.4) is 0 Å². The van der Waals surface area contributed by atoms with E-state index in [9.17, 15) is 25.1 Å². The number of nitrogens with one attached hydrogen (secondary N) is 1. The zero-order chi connectivity index (χ0) is 30.4. The first-order chi connectivity index (χ1) is 21.4. The van der Waals surface area contributed by atoms with Crippen molar-refractivity contribution >= 4 is 72.5 Å². The molecule has 0 fully saturated rings. The van der Waals surface area contributed by atoms with Crippen molar-refractivity contribution in [2.24, 2.45) is 0 Å². The maximum Gasteiger partial charge on any atom is 0.303 e. The number of benzene rings is 4. The lowest BCUT2D eigenvalue weighted by Crippen LogP contribution is -2.26.